The maximum absolute atomic E-state index is 13.3. The zero-order valence-electron chi connectivity index (χ0n) is 17.9. The molecule has 2 aromatic carbocycles. The second-order valence-corrected chi connectivity index (χ2v) is 7.78. The van der Waals surface area contributed by atoms with Crippen molar-refractivity contribution in [2.45, 2.75) is 44.9 Å². The maximum atomic E-state index is 13.3. The van der Waals surface area contributed by atoms with Crippen LogP contribution in [-0.4, -0.2) is 29.8 Å². The van der Waals surface area contributed by atoms with E-state index >= 15 is 0 Å². The van der Waals surface area contributed by atoms with Gasteiger partial charge in [-0.25, -0.2) is 8.78 Å². The molecule has 0 saturated heterocycles. The predicted molar refractivity (Wildman–Crippen MR) is 110 cm³/mol. The lowest BCUT2D eigenvalue weighted by atomic mass is 9.98. The number of alkyl halides is 3. The van der Waals surface area contributed by atoms with Crippen LogP contribution in [0.15, 0.2) is 48.5 Å². The Morgan fingerprint density at radius 3 is 2.00 bits per heavy atom. The Balaban J connectivity index is 2.18. The molecule has 0 radical (unpaired) electrons. The summed E-state index contributed by atoms with van der Waals surface area (Å²) in [7, 11) is 0. The highest BCUT2D eigenvalue weighted by Crippen LogP contribution is 2.22. The van der Waals surface area contributed by atoms with Gasteiger partial charge in [0.2, 0.25) is 11.8 Å². The smallest absolute Gasteiger partial charge is 0.344 e. The van der Waals surface area contributed by atoms with Crippen molar-refractivity contribution in [3.63, 3.8) is 0 Å². The number of ketones is 1. The third-order valence-corrected chi connectivity index (χ3v) is 4.79. The number of benzene rings is 2. The van der Waals surface area contributed by atoms with Crippen molar-refractivity contribution in [2.24, 2.45) is 5.92 Å². The molecule has 0 unspecified atom stereocenters. The molecule has 10 heteroatoms. The van der Waals surface area contributed by atoms with Gasteiger partial charge in [0.1, 0.15) is 17.7 Å². The third kappa shape index (κ3) is 7.65. The first-order chi connectivity index (χ1) is 15.4. The lowest BCUT2D eigenvalue weighted by Gasteiger charge is -2.26. The molecule has 0 aliphatic heterocycles. The van der Waals surface area contributed by atoms with Gasteiger partial charge < -0.3 is 10.6 Å². The third-order valence-electron chi connectivity index (χ3n) is 4.79. The fourth-order valence-corrected chi connectivity index (χ4v) is 3.14. The number of nitrogens with one attached hydrogen (secondary N) is 2. The van der Waals surface area contributed by atoms with Crippen LogP contribution < -0.4 is 10.6 Å². The molecule has 2 rings (SSSR count). The highest BCUT2D eigenvalue weighted by atomic mass is 19.4. The molecule has 2 aromatic rings. The first kappa shape index (κ1) is 26.0. The lowest BCUT2D eigenvalue weighted by Crippen LogP contribution is -2.52. The Hall–Kier alpha value is -3.30. The topological polar surface area (TPSA) is 75.3 Å². The normalized spacial score (nSPS) is 13.3. The monoisotopic (exact) mass is 470 g/mol. The molecule has 0 heterocycles. The van der Waals surface area contributed by atoms with Gasteiger partial charge in [-0.05, 0) is 35.6 Å². The highest BCUT2D eigenvalue weighted by molar-refractivity contribution is 5.95. The van der Waals surface area contributed by atoms with Crippen LogP contribution in [0.2, 0.25) is 0 Å². The van der Waals surface area contributed by atoms with Crippen molar-refractivity contribution in [3.8, 4) is 0 Å². The Bertz CT molecular complexity index is 973. The highest BCUT2D eigenvalue weighted by Gasteiger charge is 2.45. The molecular weight excluding hydrogens is 447 g/mol. The molecule has 0 aliphatic carbocycles. The molecule has 0 bridgehead atoms. The van der Waals surface area contributed by atoms with Gasteiger partial charge in [0.05, 0.1) is 6.04 Å². The van der Waals surface area contributed by atoms with E-state index in [9.17, 15) is 36.3 Å². The van der Waals surface area contributed by atoms with E-state index < -0.39 is 53.4 Å². The van der Waals surface area contributed by atoms with Crippen molar-refractivity contribution in [3.05, 3.63) is 71.3 Å². The molecule has 0 aromatic heterocycles. The minimum Gasteiger partial charge on any atom is -0.344 e. The van der Waals surface area contributed by atoms with Crippen LogP contribution >= 0.6 is 0 Å². The second kappa shape index (κ2) is 11.0. The van der Waals surface area contributed by atoms with Gasteiger partial charge in [0.25, 0.3) is 5.78 Å². The van der Waals surface area contributed by atoms with E-state index in [0.29, 0.717) is 6.07 Å². The predicted octanol–water partition coefficient (Wildman–Crippen LogP) is 4.03. The standard InChI is InChI=1S/C23H23F5N2O3/c1-13(2)19(21(32)23(26,27)28)30-22(33)20(15-6-4-3-5-7-15)29-18(31)9-8-14-10-16(24)12-17(25)11-14/h3-7,10-13,19-20H,8-9H2,1-2H3,(H,29,31)(H,30,33)/t19-,20-/m0/s1. The number of amides is 2. The summed E-state index contributed by atoms with van der Waals surface area (Å²) in [5.74, 6) is -6.24. The summed E-state index contributed by atoms with van der Waals surface area (Å²) in [5.41, 5.74) is 0.501. The fourth-order valence-electron chi connectivity index (χ4n) is 3.14. The van der Waals surface area contributed by atoms with Gasteiger partial charge in [0, 0.05) is 12.5 Å². The summed E-state index contributed by atoms with van der Waals surface area (Å²) in [6.45, 7) is 2.70. The summed E-state index contributed by atoms with van der Waals surface area (Å²) < 4.78 is 65.5. The van der Waals surface area contributed by atoms with Gasteiger partial charge in [0.15, 0.2) is 0 Å². The summed E-state index contributed by atoms with van der Waals surface area (Å²) in [5, 5.41) is 4.52. The van der Waals surface area contributed by atoms with E-state index in [2.05, 4.69) is 10.6 Å². The Kier molecular flexibility index (Phi) is 8.67. The van der Waals surface area contributed by atoms with Gasteiger partial charge >= 0.3 is 6.18 Å². The average molecular weight is 470 g/mol. The van der Waals surface area contributed by atoms with Crippen LogP contribution in [0.1, 0.15) is 37.4 Å². The summed E-state index contributed by atoms with van der Waals surface area (Å²) in [6, 6.07) is 7.35. The minimum atomic E-state index is -5.14. The first-order valence-corrected chi connectivity index (χ1v) is 10.1. The number of carbonyl (C=O) groups is 3. The fraction of sp³-hybridized carbons (Fsp3) is 0.348. The SMILES string of the molecule is CC(C)[C@H](NC(=O)[C@@H](NC(=O)CCc1cc(F)cc(F)c1)c1ccccc1)C(=O)C(F)(F)F. The van der Waals surface area contributed by atoms with Gasteiger partial charge in [-0.15, -0.1) is 0 Å². The van der Waals surface area contributed by atoms with Crippen LogP contribution in [0.25, 0.3) is 0 Å². The Morgan fingerprint density at radius 2 is 1.48 bits per heavy atom. The summed E-state index contributed by atoms with van der Waals surface area (Å²) in [6.07, 6.45) is -5.42. The molecule has 5 nitrogen and oxygen atoms in total. The van der Waals surface area contributed by atoms with Crippen molar-refractivity contribution in [1.29, 1.82) is 0 Å². The molecule has 33 heavy (non-hydrogen) atoms. The maximum Gasteiger partial charge on any atom is 0.452 e. The zero-order chi connectivity index (χ0) is 24.8. The first-order valence-electron chi connectivity index (χ1n) is 10.1. The molecule has 2 amide bonds. The average Bonchev–Trinajstić information content (AvgIpc) is 2.72. The van der Waals surface area contributed by atoms with Crippen LogP contribution in [0, 0.1) is 17.6 Å². The van der Waals surface area contributed by atoms with Crippen LogP contribution in [-0.2, 0) is 20.8 Å². The second-order valence-electron chi connectivity index (χ2n) is 7.78. The van der Waals surface area contributed by atoms with Crippen molar-refractivity contribution < 1.29 is 36.3 Å². The van der Waals surface area contributed by atoms with E-state index in [1.54, 1.807) is 18.2 Å². The van der Waals surface area contributed by atoms with Gasteiger partial charge in [-0.3, -0.25) is 14.4 Å². The molecule has 0 aliphatic rings. The van der Waals surface area contributed by atoms with Crippen LogP contribution in [0.5, 0.6) is 0 Å². The van der Waals surface area contributed by atoms with Crippen molar-refractivity contribution in [1.82, 2.24) is 10.6 Å². The van der Waals surface area contributed by atoms with Crippen LogP contribution in [0.3, 0.4) is 0 Å². The number of carbonyl (C=O) groups excluding carboxylic acids is 3. The number of hydrogen-bond acceptors (Lipinski definition) is 3. The molecular formula is C23H23F5N2O3. The summed E-state index contributed by atoms with van der Waals surface area (Å²) >= 11 is 0. The Morgan fingerprint density at radius 1 is 0.909 bits per heavy atom. The number of rotatable bonds is 9. The number of halogens is 5. The minimum absolute atomic E-state index is 0.0369. The quantitative estimate of drug-likeness (QED) is 0.544. The molecule has 0 fully saturated rings. The Labute approximate surface area is 187 Å². The van der Waals surface area contributed by atoms with Gasteiger partial charge in [-0.2, -0.15) is 13.2 Å². The molecule has 2 N–H and O–H groups in total. The molecule has 2 atom stereocenters. The number of hydrogen-bond donors (Lipinski definition) is 2. The molecule has 178 valence electrons. The van der Waals surface area contributed by atoms with Crippen molar-refractivity contribution in [2.75, 3.05) is 0 Å². The van der Waals surface area contributed by atoms with Gasteiger partial charge in [-0.1, -0.05) is 44.2 Å². The number of Topliss-reactive ketones (excluding diaryl/α,β-unsaturated/α-hetero) is 1. The molecule has 0 spiro atoms. The number of aryl methyl sites for hydroxylation is 1. The largest absolute Gasteiger partial charge is 0.452 e. The van der Waals surface area contributed by atoms with Crippen molar-refractivity contribution >= 4 is 17.6 Å². The van der Waals surface area contributed by atoms with Crippen LogP contribution in [0.4, 0.5) is 22.0 Å². The molecule has 0 saturated carbocycles. The summed E-state index contributed by atoms with van der Waals surface area (Å²) in [4.78, 5) is 37.1. The van der Waals surface area contributed by atoms with E-state index in [1.807, 2.05) is 0 Å². The van der Waals surface area contributed by atoms with E-state index in [4.69, 9.17) is 0 Å². The lowest BCUT2D eigenvalue weighted by molar-refractivity contribution is -0.175. The van der Waals surface area contributed by atoms with E-state index in [-0.39, 0.29) is 24.0 Å². The van der Waals surface area contributed by atoms with E-state index in [0.717, 1.165) is 12.1 Å². The van der Waals surface area contributed by atoms with E-state index in [1.165, 1.54) is 26.0 Å². The zero-order valence-corrected chi connectivity index (χ0v) is 17.9.